The van der Waals surface area contributed by atoms with Crippen LogP contribution in [0.1, 0.15) is 48.0 Å². The fraction of sp³-hybridized carbons (Fsp3) is 0.842. The number of nitroso groups, excluding NO2 is 2. The van der Waals surface area contributed by atoms with Gasteiger partial charge in [0.2, 0.25) is 0 Å². The van der Waals surface area contributed by atoms with E-state index in [1.807, 2.05) is 13.8 Å². The highest BCUT2D eigenvalue weighted by Crippen LogP contribution is 2.15. The molecule has 0 saturated heterocycles. The van der Waals surface area contributed by atoms with Crippen molar-refractivity contribution in [1.29, 1.82) is 0 Å². The lowest BCUT2D eigenvalue weighted by atomic mass is 9.96. The number of ether oxygens (including phenoxy) is 1. The molecule has 182 valence electrons. The van der Waals surface area contributed by atoms with Crippen LogP contribution in [-0.2, 0) is 16.1 Å². The second-order valence-electron chi connectivity index (χ2n) is 8.84. The van der Waals surface area contributed by atoms with Crippen molar-refractivity contribution in [2.75, 3.05) is 19.8 Å². The van der Waals surface area contributed by atoms with E-state index in [1.165, 1.54) is 10.8 Å². The summed E-state index contributed by atoms with van der Waals surface area (Å²) in [6.07, 6.45) is 3.02. The van der Waals surface area contributed by atoms with Gasteiger partial charge in [-0.1, -0.05) is 15.3 Å². The van der Waals surface area contributed by atoms with Crippen LogP contribution in [0.5, 0.6) is 0 Å². The van der Waals surface area contributed by atoms with Gasteiger partial charge in [0.1, 0.15) is 30.6 Å². The lowest BCUT2D eigenvalue weighted by Crippen LogP contribution is -2.54. The molecule has 3 unspecified atom stereocenters. The normalized spacial score (nSPS) is 15.2. The molecule has 0 aliphatic heterocycles. The second-order valence-corrected chi connectivity index (χ2v) is 8.84. The van der Waals surface area contributed by atoms with Gasteiger partial charge in [0.25, 0.3) is 0 Å². The van der Waals surface area contributed by atoms with Gasteiger partial charge in [-0.2, -0.15) is 15.3 Å². The molecule has 0 fully saturated rings. The molecule has 0 aliphatic rings. The van der Waals surface area contributed by atoms with Gasteiger partial charge in [-0.25, -0.2) is 4.57 Å². The van der Waals surface area contributed by atoms with Crippen LogP contribution in [0.25, 0.3) is 0 Å². The van der Waals surface area contributed by atoms with E-state index in [9.17, 15) is 19.9 Å². The average Bonchev–Trinajstić information content (AvgIpc) is 3.22. The SMILES string of the molecule is CC(N=O)C(C)(C)NCC(COCCCn1ccnc1[N+](=O)[O-])ONC(C)(C)C(C)N=O. The number of hydrogen-bond acceptors (Lipinski definition) is 11. The average molecular weight is 458 g/mol. The number of aryl methyl sites for hydroxylation is 1. The van der Waals surface area contributed by atoms with Gasteiger partial charge >= 0.3 is 5.95 Å². The number of nitro groups is 1. The molecule has 32 heavy (non-hydrogen) atoms. The van der Waals surface area contributed by atoms with Crippen LogP contribution < -0.4 is 10.8 Å². The van der Waals surface area contributed by atoms with E-state index in [4.69, 9.17) is 9.57 Å². The fourth-order valence-electron chi connectivity index (χ4n) is 2.44. The van der Waals surface area contributed by atoms with Crippen molar-refractivity contribution in [3.05, 3.63) is 32.3 Å². The van der Waals surface area contributed by atoms with Crippen LogP contribution in [0.4, 0.5) is 5.95 Å². The van der Waals surface area contributed by atoms with Crippen molar-refractivity contribution in [2.45, 2.75) is 83.8 Å². The van der Waals surface area contributed by atoms with Crippen LogP contribution in [0.15, 0.2) is 22.7 Å². The van der Waals surface area contributed by atoms with Crippen molar-refractivity contribution >= 4 is 5.95 Å². The molecule has 0 spiro atoms. The third kappa shape index (κ3) is 8.65. The summed E-state index contributed by atoms with van der Waals surface area (Å²) in [6.45, 7) is 12.0. The molecule has 0 amide bonds. The van der Waals surface area contributed by atoms with Crippen LogP contribution in [0.3, 0.4) is 0 Å². The summed E-state index contributed by atoms with van der Waals surface area (Å²) in [5.41, 5.74) is 1.63. The molecule has 3 atom stereocenters. The van der Waals surface area contributed by atoms with Crippen LogP contribution in [0.2, 0.25) is 0 Å². The number of aromatic nitrogens is 2. The molecule has 13 heteroatoms. The minimum absolute atomic E-state index is 0.208. The molecule has 1 aromatic rings. The monoisotopic (exact) mass is 457 g/mol. The number of hydrogen-bond donors (Lipinski definition) is 2. The van der Waals surface area contributed by atoms with Crippen molar-refractivity contribution in [2.24, 2.45) is 10.4 Å². The minimum atomic E-state index is -0.701. The Balaban J connectivity index is 2.61. The maximum absolute atomic E-state index is 10.9. The molecular formula is C19H35N7O6. The third-order valence-corrected chi connectivity index (χ3v) is 5.53. The van der Waals surface area contributed by atoms with Gasteiger partial charge in [-0.3, -0.25) is 4.84 Å². The van der Waals surface area contributed by atoms with Crippen LogP contribution in [0, 0.1) is 19.9 Å². The Kier molecular flexibility index (Phi) is 10.9. The van der Waals surface area contributed by atoms with Gasteiger partial charge in [0, 0.05) is 25.1 Å². The molecule has 0 bridgehead atoms. The van der Waals surface area contributed by atoms with Gasteiger partial charge < -0.3 is 20.2 Å². The van der Waals surface area contributed by atoms with Crippen molar-refractivity contribution in [3.8, 4) is 0 Å². The van der Waals surface area contributed by atoms with Crippen molar-refractivity contribution < 1.29 is 14.5 Å². The standard InChI is InChI=1S/C19H35N7O6/c1-14(22-27)18(3,4)21-12-16(32-24-19(5,6)15(2)23-28)13-31-11-7-9-25-10-8-20-17(25)26(29)30/h8,10,14-16,21,24H,7,9,11-13H2,1-6H3. The van der Waals surface area contributed by atoms with E-state index < -0.39 is 34.2 Å². The largest absolute Gasteiger partial charge is 0.434 e. The van der Waals surface area contributed by atoms with E-state index in [-0.39, 0.29) is 12.6 Å². The molecule has 1 aromatic heterocycles. The van der Waals surface area contributed by atoms with E-state index in [0.717, 1.165) is 0 Å². The maximum Gasteiger partial charge on any atom is 0.434 e. The Morgan fingerprint density at radius 2 is 1.81 bits per heavy atom. The topological polar surface area (TPSA) is 162 Å². The predicted molar refractivity (Wildman–Crippen MR) is 119 cm³/mol. The quantitative estimate of drug-likeness (QED) is 0.155. The molecule has 1 heterocycles. The Morgan fingerprint density at radius 3 is 2.41 bits per heavy atom. The van der Waals surface area contributed by atoms with E-state index in [1.54, 1.807) is 33.9 Å². The number of rotatable bonds is 17. The molecular weight excluding hydrogens is 422 g/mol. The number of imidazole rings is 1. The third-order valence-electron chi connectivity index (χ3n) is 5.53. The summed E-state index contributed by atoms with van der Waals surface area (Å²) in [7, 11) is 0. The summed E-state index contributed by atoms with van der Waals surface area (Å²) >= 11 is 0. The zero-order valence-corrected chi connectivity index (χ0v) is 19.6. The Morgan fingerprint density at radius 1 is 1.19 bits per heavy atom. The zero-order chi connectivity index (χ0) is 24.4. The molecule has 1 rings (SSSR count). The summed E-state index contributed by atoms with van der Waals surface area (Å²) < 4.78 is 7.17. The minimum Gasteiger partial charge on any atom is -0.390 e. The van der Waals surface area contributed by atoms with Gasteiger partial charge in [0.05, 0.1) is 18.7 Å². The summed E-state index contributed by atoms with van der Waals surface area (Å²) in [6, 6.07) is -0.988. The Hall–Kier alpha value is -2.35. The number of nitrogens with one attached hydrogen (secondary N) is 2. The fourth-order valence-corrected chi connectivity index (χ4v) is 2.44. The predicted octanol–water partition coefficient (Wildman–Crippen LogP) is 2.54. The highest BCUT2D eigenvalue weighted by Gasteiger charge is 2.30. The highest BCUT2D eigenvalue weighted by atomic mass is 16.7. The number of hydroxylamine groups is 1. The van der Waals surface area contributed by atoms with Gasteiger partial charge in [-0.15, -0.1) is 0 Å². The van der Waals surface area contributed by atoms with Crippen LogP contribution in [-0.4, -0.2) is 63.5 Å². The molecule has 2 N–H and O–H groups in total. The van der Waals surface area contributed by atoms with Gasteiger partial charge in [0.15, 0.2) is 0 Å². The zero-order valence-electron chi connectivity index (χ0n) is 19.6. The highest BCUT2D eigenvalue weighted by molar-refractivity contribution is 5.06. The first kappa shape index (κ1) is 27.7. The maximum atomic E-state index is 10.9. The molecule has 0 saturated carbocycles. The first-order valence-corrected chi connectivity index (χ1v) is 10.5. The van der Waals surface area contributed by atoms with E-state index in [2.05, 4.69) is 26.1 Å². The summed E-state index contributed by atoms with van der Waals surface area (Å²) in [4.78, 5) is 41.7. The Labute approximate surface area is 187 Å². The van der Waals surface area contributed by atoms with Gasteiger partial charge in [-0.05, 0) is 46.5 Å². The lowest BCUT2D eigenvalue weighted by molar-refractivity contribution is -0.396. The summed E-state index contributed by atoms with van der Waals surface area (Å²) in [5, 5.41) is 20.3. The molecule has 0 aromatic carbocycles. The molecule has 13 nitrogen and oxygen atoms in total. The second kappa shape index (κ2) is 12.6. The number of nitrogens with zero attached hydrogens (tertiary/aromatic N) is 5. The first-order valence-electron chi connectivity index (χ1n) is 10.5. The Bertz CT molecular complexity index is 710. The lowest BCUT2D eigenvalue weighted by Gasteiger charge is -2.33. The van der Waals surface area contributed by atoms with E-state index in [0.29, 0.717) is 26.1 Å². The first-order chi connectivity index (χ1) is 14.9. The van der Waals surface area contributed by atoms with Crippen molar-refractivity contribution in [1.82, 2.24) is 20.3 Å². The van der Waals surface area contributed by atoms with Crippen LogP contribution >= 0.6 is 0 Å². The smallest absolute Gasteiger partial charge is 0.390 e. The molecule has 0 radical (unpaired) electrons. The van der Waals surface area contributed by atoms with Crippen molar-refractivity contribution in [3.63, 3.8) is 0 Å². The molecule has 0 aliphatic carbocycles. The summed E-state index contributed by atoms with van der Waals surface area (Å²) in [5.74, 6) is -0.208. The van der Waals surface area contributed by atoms with E-state index >= 15 is 0 Å².